The molecule has 0 amide bonds. The molecule has 0 aliphatic heterocycles. The quantitative estimate of drug-likeness (QED) is 0.686. The third kappa shape index (κ3) is 3.14. The fourth-order valence-corrected chi connectivity index (χ4v) is 1.41. The summed E-state index contributed by atoms with van der Waals surface area (Å²) in [5.41, 5.74) is -0.0850. The third-order valence-corrected chi connectivity index (χ3v) is 2.25. The zero-order valence-corrected chi connectivity index (χ0v) is 9.83. The Morgan fingerprint density at radius 2 is 2.44 bits per heavy atom. The van der Waals surface area contributed by atoms with Crippen molar-refractivity contribution in [1.82, 2.24) is 25.2 Å². The van der Waals surface area contributed by atoms with Gasteiger partial charge in [0, 0.05) is 26.1 Å². The van der Waals surface area contributed by atoms with Gasteiger partial charge in [0.05, 0.1) is 6.54 Å². The predicted octanol–water partition coefficient (Wildman–Crippen LogP) is -0.166. The van der Waals surface area contributed by atoms with Crippen molar-refractivity contribution in [2.24, 2.45) is 7.05 Å². The van der Waals surface area contributed by atoms with Gasteiger partial charge in [0.1, 0.15) is 6.33 Å². The lowest BCUT2D eigenvalue weighted by atomic mass is 10.3. The number of nitrogens with one attached hydrogen (secondary N) is 1. The Labute approximate surface area is 103 Å². The summed E-state index contributed by atoms with van der Waals surface area (Å²) >= 11 is 0. The Hall–Kier alpha value is -2.22. The third-order valence-electron chi connectivity index (χ3n) is 2.25. The van der Waals surface area contributed by atoms with E-state index < -0.39 is 5.97 Å². The van der Waals surface area contributed by atoms with Gasteiger partial charge in [-0.1, -0.05) is 5.16 Å². The molecule has 0 fully saturated rings. The van der Waals surface area contributed by atoms with E-state index in [1.807, 2.05) is 7.05 Å². The van der Waals surface area contributed by atoms with Crippen molar-refractivity contribution in [2.45, 2.75) is 13.0 Å². The summed E-state index contributed by atoms with van der Waals surface area (Å²) in [5.74, 6) is 0.151. The highest BCUT2D eigenvalue weighted by Gasteiger charge is 2.10. The van der Waals surface area contributed by atoms with Gasteiger partial charge in [-0.25, -0.2) is 9.78 Å². The second kappa shape index (κ2) is 5.41. The number of rotatable bonds is 6. The Morgan fingerprint density at radius 1 is 1.61 bits per heavy atom. The van der Waals surface area contributed by atoms with Crippen LogP contribution in [-0.2, 0) is 20.0 Å². The average molecular weight is 251 g/mol. The van der Waals surface area contributed by atoms with E-state index in [1.54, 1.807) is 11.0 Å². The van der Waals surface area contributed by atoms with Gasteiger partial charge in [-0.3, -0.25) is 4.68 Å². The molecule has 0 spiro atoms. The van der Waals surface area contributed by atoms with Gasteiger partial charge in [0.25, 0.3) is 0 Å². The molecule has 2 aromatic rings. The molecule has 2 rings (SSSR count). The summed E-state index contributed by atoms with van der Waals surface area (Å²) in [4.78, 5) is 14.7. The van der Waals surface area contributed by atoms with Crippen LogP contribution < -0.4 is 5.32 Å². The highest BCUT2D eigenvalue weighted by Crippen LogP contribution is 2.02. The maximum Gasteiger partial charge on any atom is 0.358 e. The number of hydrogen-bond donors (Lipinski definition) is 2. The molecule has 2 aromatic heterocycles. The van der Waals surface area contributed by atoms with Crippen LogP contribution in [0, 0.1) is 0 Å². The second-order valence-electron chi connectivity index (χ2n) is 3.74. The van der Waals surface area contributed by atoms with Gasteiger partial charge in [0.2, 0.25) is 0 Å². The van der Waals surface area contributed by atoms with Crippen LogP contribution in [0.5, 0.6) is 0 Å². The number of hydrogen-bond acceptors (Lipinski definition) is 6. The van der Waals surface area contributed by atoms with E-state index in [9.17, 15) is 4.79 Å². The van der Waals surface area contributed by atoms with Crippen molar-refractivity contribution in [1.29, 1.82) is 0 Å². The summed E-state index contributed by atoms with van der Waals surface area (Å²) in [6.45, 7) is 1.10. The Bertz CT molecular complexity index is 533. The van der Waals surface area contributed by atoms with E-state index in [0.717, 1.165) is 5.82 Å². The smallest absolute Gasteiger partial charge is 0.358 e. The zero-order valence-electron chi connectivity index (χ0n) is 9.83. The molecule has 8 heteroatoms. The Kier molecular flexibility index (Phi) is 3.68. The maximum atomic E-state index is 10.6. The van der Waals surface area contributed by atoms with E-state index in [-0.39, 0.29) is 5.69 Å². The van der Waals surface area contributed by atoms with E-state index in [4.69, 9.17) is 9.63 Å². The minimum Gasteiger partial charge on any atom is -0.476 e. The molecule has 0 unspecified atom stereocenters. The molecule has 0 aliphatic rings. The molecule has 0 radical (unpaired) electrons. The SMILES string of the molecule is Cn1cnc(CCNCc2cc(C(=O)O)no2)n1. The molecule has 0 atom stereocenters. The predicted molar refractivity (Wildman–Crippen MR) is 59.9 cm³/mol. The maximum absolute atomic E-state index is 10.6. The lowest BCUT2D eigenvalue weighted by molar-refractivity contribution is 0.0685. The molecule has 96 valence electrons. The van der Waals surface area contributed by atoms with Gasteiger partial charge < -0.3 is 14.9 Å². The van der Waals surface area contributed by atoms with Crippen molar-refractivity contribution in [3.63, 3.8) is 0 Å². The Morgan fingerprint density at radius 3 is 3.06 bits per heavy atom. The van der Waals surface area contributed by atoms with Crippen LogP contribution in [0.4, 0.5) is 0 Å². The van der Waals surface area contributed by atoms with Crippen LogP contribution in [0.3, 0.4) is 0 Å². The summed E-state index contributed by atoms with van der Waals surface area (Å²) in [6, 6.07) is 1.40. The molecule has 2 N–H and O–H groups in total. The van der Waals surface area contributed by atoms with Crippen LogP contribution in [-0.4, -0.2) is 37.5 Å². The Balaban J connectivity index is 1.73. The number of nitrogens with zero attached hydrogens (tertiary/aromatic N) is 4. The van der Waals surface area contributed by atoms with E-state index in [2.05, 4.69) is 20.6 Å². The van der Waals surface area contributed by atoms with E-state index in [0.29, 0.717) is 25.3 Å². The summed E-state index contributed by atoms with van der Waals surface area (Å²) in [6.07, 6.45) is 2.34. The van der Waals surface area contributed by atoms with Crippen LogP contribution in [0.25, 0.3) is 0 Å². The van der Waals surface area contributed by atoms with Crippen molar-refractivity contribution in [2.75, 3.05) is 6.54 Å². The molecule has 0 bridgehead atoms. The number of aromatic carboxylic acids is 1. The fraction of sp³-hybridized carbons (Fsp3) is 0.400. The zero-order chi connectivity index (χ0) is 13.0. The average Bonchev–Trinajstić information content (AvgIpc) is 2.93. The van der Waals surface area contributed by atoms with Crippen molar-refractivity contribution in [3.8, 4) is 0 Å². The number of aryl methyl sites for hydroxylation is 1. The molecular formula is C10H13N5O3. The molecular weight excluding hydrogens is 238 g/mol. The van der Waals surface area contributed by atoms with Gasteiger partial charge >= 0.3 is 5.97 Å². The van der Waals surface area contributed by atoms with Crippen LogP contribution in [0.1, 0.15) is 22.1 Å². The monoisotopic (exact) mass is 251 g/mol. The first kappa shape index (κ1) is 12.2. The highest BCUT2D eigenvalue weighted by atomic mass is 16.5. The summed E-state index contributed by atoms with van der Waals surface area (Å²) in [5, 5.41) is 19.3. The molecule has 18 heavy (non-hydrogen) atoms. The first-order chi connectivity index (χ1) is 8.65. The first-order valence-corrected chi connectivity index (χ1v) is 5.39. The molecule has 2 heterocycles. The van der Waals surface area contributed by atoms with Crippen molar-refractivity contribution < 1.29 is 14.4 Å². The fourth-order valence-electron chi connectivity index (χ4n) is 1.41. The van der Waals surface area contributed by atoms with Gasteiger partial charge in [-0.15, -0.1) is 0 Å². The number of aromatic nitrogens is 4. The number of carbonyl (C=O) groups is 1. The molecule has 8 nitrogen and oxygen atoms in total. The van der Waals surface area contributed by atoms with Crippen molar-refractivity contribution >= 4 is 5.97 Å². The van der Waals surface area contributed by atoms with Crippen LogP contribution in [0.2, 0.25) is 0 Å². The molecule has 0 saturated carbocycles. The minimum atomic E-state index is -1.09. The molecule has 0 saturated heterocycles. The second-order valence-corrected chi connectivity index (χ2v) is 3.74. The van der Waals surface area contributed by atoms with Gasteiger partial charge in [-0.2, -0.15) is 5.10 Å². The topological polar surface area (TPSA) is 106 Å². The van der Waals surface area contributed by atoms with Crippen LogP contribution >= 0.6 is 0 Å². The molecule has 0 aliphatic carbocycles. The standard InChI is InChI=1S/C10H13N5O3/c1-15-6-12-9(13-15)2-3-11-5-7-4-8(10(16)17)14-18-7/h4,6,11H,2-3,5H2,1H3,(H,16,17). The molecule has 0 aromatic carbocycles. The summed E-state index contributed by atoms with van der Waals surface area (Å²) < 4.78 is 6.50. The lowest BCUT2D eigenvalue weighted by Crippen LogP contribution is -2.17. The summed E-state index contributed by atoms with van der Waals surface area (Å²) in [7, 11) is 1.81. The van der Waals surface area contributed by atoms with E-state index in [1.165, 1.54) is 6.07 Å². The van der Waals surface area contributed by atoms with Crippen LogP contribution in [0.15, 0.2) is 16.9 Å². The van der Waals surface area contributed by atoms with Gasteiger partial charge in [0.15, 0.2) is 17.3 Å². The largest absolute Gasteiger partial charge is 0.476 e. The normalized spacial score (nSPS) is 10.7. The van der Waals surface area contributed by atoms with E-state index >= 15 is 0 Å². The number of carboxylic acid groups (broad SMARTS) is 1. The highest BCUT2D eigenvalue weighted by molar-refractivity contribution is 5.85. The lowest BCUT2D eigenvalue weighted by Gasteiger charge is -1.98. The van der Waals surface area contributed by atoms with Gasteiger partial charge in [-0.05, 0) is 0 Å². The van der Waals surface area contributed by atoms with Crippen molar-refractivity contribution in [3.05, 3.63) is 29.7 Å². The first-order valence-electron chi connectivity index (χ1n) is 5.39. The minimum absolute atomic E-state index is 0.0850. The number of carboxylic acids is 1.